The van der Waals surface area contributed by atoms with Crippen LogP contribution in [0.25, 0.3) is 110 Å². The van der Waals surface area contributed by atoms with E-state index < -0.39 is 0 Å². The summed E-state index contributed by atoms with van der Waals surface area (Å²) in [4.78, 5) is 15.3. The van der Waals surface area contributed by atoms with Crippen LogP contribution < -0.4 is 0 Å². The monoisotopic (exact) mass is 733 g/mol. The fourth-order valence-electron chi connectivity index (χ4n) is 7.90. The predicted molar refractivity (Wildman–Crippen MR) is 233 cm³/mol. The standard InChI is InChI=1S/C51H31N3OS/c1-5-16-32(17-6-1)36-30-42(33-18-7-2-8-19-33)46-43(31-36)45-38(40-26-15-25-39-37-24-13-14-27-44(37)56-48(39)40)28-29-41(47(45)55-46)51-53-49(34-20-9-3-10-21-34)52-50(54-51)35-22-11-4-12-23-35/h1-31H. The normalized spacial score (nSPS) is 11.6. The fourth-order valence-corrected chi connectivity index (χ4v) is 9.13. The van der Waals surface area contributed by atoms with E-state index in [1.54, 1.807) is 0 Å². The Labute approximate surface area is 327 Å². The second kappa shape index (κ2) is 13.3. The second-order valence-electron chi connectivity index (χ2n) is 13.9. The van der Waals surface area contributed by atoms with E-state index >= 15 is 0 Å². The summed E-state index contributed by atoms with van der Waals surface area (Å²) in [5.74, 6) is 1.77. The van der Waals surface area contributed by atoms with Gasteiger partial charge in [0, 0.05) is 53.2 Å². The van der Waals surface area contributed by atoms with Gasteiger partial charge in [-0.25, -0.2) is 15.0 Å². The maximum atomic E-state index is 7.24. The maximum Gasteiger partial charge on any atom is 0.167 e. The maximum absolute atomic E-state index is 7.24. The lowest BCUT2D eigenvalue weighted by molar-refractivity contribution is 0.670. The van der Waals surface area contributed by atoms with Gasteiger partial charge in [-0.1, -0.05) is 164 Å². The molecule has 0 radical (unpaired) electrons. The summed E-state index contributed by atoms with van der Waals surface area (Å²) in [6.45, 7) is 0. The summed E-state index contributed by atoms with van der Waals surface area (Å²) >= 11 is 1.84. The van der Waals surface area contributed by atoms with E-state index in [1.165, 1.54) is 25.7 Å². The van der Waals surface area contributed by atoms with Crippen LogP contribution in [0.15, 0.2) is 192 Å². The van der Waals surface area contributed by atoms with E-state index in [0.29, 0.717) is 17.5 Å². The average Bonchev–Trinajstić information content (AvgIpc) is 3.86. The second-order valence-corrected chi connectivity index (χ2v) is 15.0. The summed E-state index contributed by atoms with van der Waals surface area (Å²) in [7, 11) is 0. The van der Waals surface area contributed by atoms with Crippen molar-refractivity contribution in [3.63, 3.8) is 0 Å². The lowest BCUT2D eigenvalue weighted by Gasteiger charge is -2.11. The number of nitrogens with zero attached hydrogens (tertiary/aromatic N) is 3. The lowest BCUT2D eigenvalue weighted by Crippen LogP contribution is -2.00. The van der Waals surface area contributed by atoms with Crippen molar-refractivity contribution in [3.05, 3.63) is 188 Å². The predicted octanol–water partition coefficient (Wildman–Crippen LogP) is 14.1. The molecule has 0 fully saturated rings. The fraction of sp³-hybridized carbons (Fsp3) is 0. The summed E-state index contributed by atoms with van der Waals surface area (Å²) in [5, 5.41) is 4.58. The highest BCUT2D eigenvalue weighted by Crippen LogP contribution is 2.48. The van der Waals surface area contributed by atoms with Gasteiger partial charge in [-0.15, -0.1) is 11.3 Å². The Morgan fingerprint density at radius 3 is 1.57 bits per heavy atom. The number of hydrogen-bond acceptors (Lipinski definition) is 5. The van der Waals surface area contributed by atoms with E-state index in [-0.39, 0.29) is 0 Å². The zero-order valence-electron chi connectivity index (χ0n) is 30.1. The lowest BCUT2D eigenvalue weighted by atomic mass is 9.92. The van der Waals surface area contributed by atoms with E-state index in [9.17, 15) is 0 Å². The zero-order valence-corrected chi connectivity index (χ0v) is 30.9. The highest BCUT2D eigenvalue weighted by atomic mass is 32.1. The van der Waals surface area contributed by atoms with Crippen molar-refractivity contribution >= 4 is 53.4 Å². The molecule has 8 aromatic carbocycles. The Bertz CT molecular complexity index is 3170. The molecule has 56 heavy (non-hydrogen) atoms. The highest BCUT2D eigenvalue weighted by molar-refractivity contribution is 7.26. The Kier molecular flexibility index (Phi) is 7.64. The molecule has 0 aliphatic rings. The van der Waals surface area contributed by atoms with Crippen LogP contribution in [0.1, 0.15) is 0 Å². The Morgan fingerprint density at radius 1 is 0.339 bits per heavy atom. The molecule has 0 saturated heterocycles. The van der Waals surface area contributed by atoms with Crippen molar-refractivity contribution in [2.45, 2.75) is 0 Å². The Morgan fingerprint density at radius 2 is 0.893 bits per heavy atom. The van der Waals surface area contributed by atoms with Gasteiger partial charge in [-0.2, -0.15) is 0 Å². The van der Waals surface area contributed by atoms with Gasteiger partial charge in [0.1, 0.15) is 11.2 Å². The Balaban J connectivity index is 1.27. The number of fused-ring (bicyclic) bond motifs is 6. The van der Waals surface area contributed by atoms with Crippen LogP contribution in [0.2, 0.25) is 0 Å². The molecule has 11 aromatic rings. The van der Waals surface area contributed by atoms with Crippen LogP contribution in [-0.2, 0) is 0 Å². The van der Waals surface area contributed by atoms with E-state index in [2.05, 4.69) is 127 Å². The third kappa shape index (κ3) is 5.40. The molecule has 4 nitrogen and oxygen atoms in total. The molecule has 0 aliphatic heterocycles. The summed E-state index contributed by atoms with van der Waals surface area (Å²) < 4.78 is 9.76. The third-order valence-corrected chi connectivity index (χ3v) is 11.8. The average molecular weight is 734 g/mol. The molecule has 0 unspecified atom stereocenters. The molecular formula is C51H31N3OS. The molecule has 3 aromatic heterocycles. The van der Waals surface area contributed by atoms with Gasteiger partial charge in [-0.3, -0.25) is 0 Å². The molecule has 0 saturated carbocycles. The smallest absolute Gasteiger partial charge is 0.167 e. The van der Waals surface area contributed by atoms with Crippen LogP contribution in [0.4, 0.5) is 0 Å². The van der Waals surface area contributed by atoms with Crippen molar-refractivity contribution in [2.75, 3.05) is 0 Å². The van der Waals surface area contributed by atoms with E-state index in [0.717, 1.165) is 66.4 Å². The summed E-state index contributed by atoms with van der Waals surface area (Å²) in [6, 6.07) is 65.6. The van der Waals surface area contributed by atoms with Crippen molar-refractivity contribution in [1.82, 2.24) is 15.0 Å². The molecule has 3 heterocycles. The van der Waals surface area contributed by atoms with Crippen LogP contribution in [0.5, 0.6) is 0 Å². The van der Waals surface area contributed by atoms with Gasteiger partial charge >= 0.3 is 0 Å². The van der Waals surface area contributed by atoms with E-state index in [1.807, 2.05) is 72.0 Å². The van der Waals surface area contributed by atoms with Crippen molar-refractivity contribution in [1.29, 1.82) is 0 Å². The topological polar surface area (TPSA) is 51.8 Å². The molecule has 0 atom stereocenters. The first-order valence-corrected chi connectivity index (χ1v) is 19.5. The van der Waals surface area contributed by atoms with Gasteiger partial charge in [0.25, 0.3) is 0 Å². The van der Waals surface area contributed by atoms with Gasteiger partial charge in [0.2, 0.25) is 0 Å². The molecule has 0 aliphatic carbocycles. The first-order chi connectivity index (χ1) is 27.8. The van der Waals surface area contributed by atoms with Crippen LogP contribution in [-0.4, -0.2) is 15.0 Å². The van der Waals surface area contributed by atoms with Crippen molar-refractivity contribution in [2.24, 2.45) is 0 Å². The van der Waals surface area contributed by atoms with Crippen LogP contribution in [0.3, 0.4) is 0 Å². The van der Waals surface area contributed by atoms with Gasteiger partial charge in [0.15, 0.2) is 17.5 Å². The molecule has 5 heteroatoms. The van der Waals surface area contributed by atoms with Crippen LogP contribution in [0, 0.1) is 0 Å². The van der Waals surface area contributed by atoms with Gasteiger partial charge < -0.3 is 4.42 Å². The SMILES string of the molecule is c1ccc(-c2cc(-c3ccccc3)c3oc4c(-c5nc(-c6ccccc6)nc(-c6ccccc6)n5)ccc(-c5cccc6c5sc5ccccc56)c4c3c2)cc1. The molecule has 0 amide bonds. The molecular weight excluding hydrogens is 703 g/mol. The number of benzene rings is 8. The number of hydrogen-bond donors (Lipinski definition) is 0. The molecule has 262 valence electrons. The largest absolute Gasteiger partial charge is 0.455 e. The minimum Gasteiger partial charge on any atom is -0.455 e. The minimum atomic E-state index is 0.554. The zero-order chi connectivity index (χ0) is 37.0. The molecule has 11 rings (SSSR count). The number of aromatic nitrogens is 3. The summed E-state index contributed by atoms with van der Waals surface area (Å²) in [6.07, 6.45) is 0. The highest BCUT2D eigenvalue weighted by Gasteiger charge is 2.24. The van der Waals surface area contributed by atoms with E-state index in [4.69, 9.17) is 19.4 Å². The first kappa shape index (κ1) is 32.2. The number of thiophene rings is 1. The molecule has 0 N–H and O–H groups in total. The van der Waals surface area contributed by atoms with Gasteiger partial charge in [-0.05, 0) is 46.5 Å². The number of rotatable bonds is 6. The quantitative estimate of drug-likeness (QED) is 0.171. The Hall–Kier alpha value is -7.21. The number of furan rings is 1. The summed E-state index contributed by atoms with van der Waals surface area (Å²) in [5.41, 5.74) is 10.8. The molecule has 0 spiro atoms. The molecule has 0 bridgehead atoms. The van der Waals surface area contributed by atoms with Gasteiger partial charge in [0.05, 0.1) is 5.56 Å². The van der Waals surface area contributed by atoms with Crippen LogP contribution >= 0.6 is 11.3 Å². The minimum absolute atomic E-state index is 0.554. The third-order valence-electron chi connectivity index (χ3n) is 10.5. The van der Waals surface area contributed by atoms with Crippen molar-refractivity contribution in [3.8, 4) is 67.5 Å². The van der Waals surface area contributed by atoms with Crippen molar-refractivity contribution < 1.29 is 4.42 Å². The first-order valence-electron chi connectivity index (χ1n) is 18.7.